The van der Waals surface area contributed by atoms with Crippen molar-refractivity contribution >= 4 is 21.6 Å². The van der Waals surface area contributed by atoms with E-state index >= 15 is 0 Å². The third kappa shape index (κ3) is 5.31. The van der Waals surface area contributed by atoms with Gasteiger partial charge in [-0.2, -0.15) is 0 Å². The van der Waals surface area contributed by atoms with Gasteiger partial charge in [-0.25, -0.2) is 13.1 Å². The molecule has 0 saturated heterocycles. The molecule has 0 heterocycles. The van der Waals surface area contributed by atoms with Crippen LogP contribution in [0, 0.1) is 6.92 Å². The first-order valence-electron chi connectivity index (χ1n) is 9.66. The molecule has 8 heteroatoms. The number of hydrogen-bond acceptors (Lipinski definition) is 5. The molecule has 1 atom stereocenters. The fraction of sp³-hybridized carbons (Fsp3) is 0.409. The number of aryl methyl sites for hydroxylation is 1. The normalized spacial score (nSPS) is 12.5. The first-order valence-corrected chi connectivity index (χ1v) is 11.1. The van der Waals surface area contributed by atoms with Gasteiger partial charge in [0.1, 0.15) is 11.5 Å². The Balaban J connectivity index is 2.40. The van der Waals surface area contributed by atoms with E-state index in [1.807, 2.05) is 19.1 Å². The highest BCUT2D eigenvalue weighted by Crippen LogP contribution is 2.33. The van der Waals surface area contributed by atoms with Crippen LogP contribution >= 0.6 is 0 Å². The summed E-state index contributed by atoms with van der Waals surface area (Å²) >= 11 is 0. The Labute approximate surface area is 178 Å². The maximum Gasteiger partial charge on any atom is 0.241 e. The van der Waals surface area contributed by atoms with Crippen molar-refractivity contribution in [2.24, 2.45) is 0 Å². The van der Waals surface area contributed by atoms with E-state index in [-0.39, 0.29) is 16.7 Å². The number of hydrogen-bond donors (Lipinski definition) is 2. The quantitative estimate of drug-likeness (QED) is 0.651. The van der Waals surface area contributed by atoms with Crippen LogP contribution in [0.15, 0.2) is 35.2 Å². The Morgan fingerprint density at radius 3 is 2.13 bits per heavy atom. The van der Waals surface area contributed by atoms with Crippen LogP contribution in [-0.4, -0.2) is 28.5 Å². The summed E-state index contributed by atoms with van der Waals surface area (Å²) in [6.07, 6.45) is 0. The van der Waals surface area contributed by atoms with Crippen molar-refractivity contribution in [2.75, 3.05) is 19.5 Å². The van der Waals surface area contributed by atoms with Crippen LogP contribution in [0.5, 0.6) is 11.5 Å². The summed E-state index contributed by atoms with van der Waals surface area (Å²) in [6, 6.07) is 7.79. The molecule has 1 amide bonds. The van der Waals surface area contributed by atoms with Gasteiger partial charge in [-0.3, -0.25) is 4.79 Å². The first kappa shape index (κ1) is 23.7. The summed E-state index contributed by atoms with van der Waals surface area (Å²) in [5.74, 6) is 1.07. The number of carbonyl (C=O) groups is 1. The standard InChI is InChI=1S/C22H30N2O5S/c1-13(2)18-12-19(14(3)10-22(18)29-7)15(4)24-30(26,27)17-8-9-21(28-6)20(11-17)23-16(5)25/h8-13,15,24H,1-7H3,(H,23,25)/t15-/m1/s1. The van der Waals surface area contributed by atoms with Crippen molar-refractivity contribution in [3.8, 4) is 11.5 Å². The SMILES string of the molecule is COc1ccc(S(=O)(=O)N[C@H](C)c2cc(C(C)C)c(OC)cc2C)cc1NC(C)=O. The molecular weight excluding hydrogens is 404 g/mol. The minimum Gasteiger partial charge on any atom is -0.496 e. The second-order valence-corrected chi connectivity index (χ2v) is 9.21. The lowest BCUT2D eigenvalue weighted by molar-refractivity contribution is -0.114. The molecule has 30 heavy (non-hydrogen) atoms. The fourth-order valence-corrected chi connectivity index (χ4v) is 4.56. The van der Waals surface area contributed by atoms with Crippen LogP contribution in [0.1, 0.15) is 56.3 Å². The molecular formula is C22H30N2O5S. The molecule has 0 aliphatic heterocycles. The Morgan fingerprint density at radius 1 is 0.967 bits per heavy atom. The molecule has 7 nitrogen and oxygen atoms in total. The maximum absolute atomic E-state index is 13.0. The highest BCUT2D eigenvalue weighted by Gasteiger charge is 2.22. The van der Waals surface area contributed by atoms with Crippen molar-refractivity contribution in [3.63, 3.8) is 0 Å². The smallest absolute Gasteiger partial charge is 0.241 e. The minimum atomic E-state index is -3.84. The Morgan fingerprint density at radius 2 is 1.60 bits per heavy atom. The predicted octanol–water partition coefficient (Wildman–Crippen LogP) is 4.13. The molecule has 2 rings (SSSR count). The number of amides is 1. The molecule has 0 spiro atoms. The summed E-state index contributed by atoms with van der Waals surface area (Å²) in [7, 11) is -0.765. The number of anilines is 1. The fourth-order valence-electron chi connectivity index (χ4n) is 3.32. The van der Waals surface area contributed by atoms with E-state index in [2.05, 4.69) is 23.9 Å². The zero-order valence-electron chi connectivity index (χ0n) is 18.5. The Kier molecular flexibility index (Phi) is 7.49. The van der Waals surface area contributed by atoms with Crippen molar-refractivity contribution in [3.05, 3.63) is 47.0 Å². The van der Waals surface area contributed by atoms with Crippen molar-refractivity contribution in [1.82, 2.24) is 4.72 Å². The average Bonchev–Trinajstić information content (AvgIpc) is 2.66. The van der Waals surface area contributed by atoms with E-state index in [0.29, 0.717) is 11.4 Å². The number of nitrogens with one attached hydrogen (secondary N) is 2. The Bertz CT molecular complexity index is 1030. The van der Waals surface area contributed by atoms with E-state index in [1.54, 1.807) is 14.0 Å². The highest BCUT2D eigenvalue weighted by atomic mass is 32.2. The second kappa shape index (κ2) is 9.49. The third-order valence-corrected chi connectivity index (χ3v) is 6.37. The van der Waals surface area contributed by atoms with E-state index in [4.69, 9.17) is 9.47 Å². The van der Waals surface area contributed by atoms with Crippen LogP contribution in [0.2, 0.25) is 0 Å². The molecule has 0 bridgehead atoms. The molecule has 2 aromatic carbocycles. The first-order chi connectivity index (χ1) is 14.0. The van der Waals surface area contributed by atoms with Crippen molar-refractivity contribution in [1.29, 1.82) is 0 Å². The van der Waals surface area contributed by atoms with Gasteiger partial charge in [-0.05, 0) is 66.8 Å². The highest BCUT2D eigenvalue weighted by molar-refractivity contribution is 7.89. The molecule has 164 valence electrons. The van der Waals surface area contributed by atoms with Crippen LogP contribution < -0.4 is 19.5 Å². The summed E-state index contributed by atoms with van der Waals surface area (Å²) in [5.41, 5.74) is 3.11. The number of sulfonamides is 1. The second-order valence-electron chi connectivity index (χ2n) is 7.49. The molecule has 0 aromatic heterocycles. The molecule has 2 aromatic rings. The van der Waals surface area contributed by atoms with Crippen LogP contribution in [0.4, 0.5) is 5.69 Å². The lowest BCUT2D eigenvalue weighted by Gasteiger charge is -2.21. The molecule has 0 aliphatic rings. The van der Waals surface area contributed by atoms with Gasteiger partial charge >= 0.3 is 0 Å². The molecule has 0 aliphatic carbocycles. The predicted molar refractivity (Wildman–Crippen MR) is 118 cm³/mol. The van der Waals surface area contributed by atoms with Crippen molar-refractivity contribution < 1.29 is 22.7 Å². The van der Waals surface area contributed by atoms with Crippen LogP contribution in [0.3, 0.4) is 0 Å². The molecule has 0 unspecified atom stereocenters. The van der Waals surface area contributed by atoms with Crippen molar-refractivity contribution in [2.45, 2.75) is 51.5 Å². The van der Waals surface area contributed by atoms with Gasteiger partial charge in [0, 0.05) is 13.0 Å². The van der Waals surface area contributed by atoms with Gasteiger partial charge < -0.3 is 14.8 Å². The van der Waals surface area contributed by atoms with Gasteiger partial charge in [0.25, 0.3) is 0 Å². The minimum absolute atomic E-state index is 0.0362. The third-order valence-electron chi connectivity index (χ3n) is 4.83. The maximum atomic E-state index is 13.0. The van der Waals surface area contributed by atoms with E-state index in [0.717, 1.165) is 22.4 Å². The van der Waals surface area contributed by atoms with Crippen LogP contribution in [-0.2, 0) is 14.8 Å². The number of carbonyl (C=O) groups excluding carboxylic acids is 1. The number of rotatable bonds is 8. The topological polar surface area (TPSA) is 93.7 Å². The van der Waals surface area contributed by atoms with E-state index < -0.39 is 16.1 Å². The lowest BCUT2D eigenvalue weighted by atomic mass is 9.94. The van der Waals surface area contributed by atoms with Gasteiger partial charge in [0.05, 0.1) is 24.8 Å². The summed E-state index contributed by atoms with van der Waals surface area (Å²) in [4.78, 5) is 11.5. The van der Waals surface area contributed by atoms with Crippen LogP contribution in [0.25, 0.3) is 0 Å². The molecule has 0 saturated carbocycles. The molecule has 0 radical (unpaired) electrons. The van der Waals surface area contributed by atoms with Gasteiger partial charge in [0.15, 0.2) is 0 Å². The number of ether oxygens (including phenoxy) is 2. The van der Waals surface area contributed by atoms with Gasteiger partial charge in [-0.15, -0.1) is 0 Å². The van der Waals surface area contributed by atoms with E-state index in [9.17, 15) is 13.2 Å². The average molecular weight is 435 g/mol. The Hall–Kier alpha value is -2.58. The zero-order valence-corrected chi connectivity index (χ0v) is 19.3. The van der Waals surface area contributed by atoms with E-state index in [1.165, 1.54) is 32.2 Å². The number of benzene rings is 2. The molecule has 2 N–H and O–H groups in total. The molecule has 0 fully saturated rings. The number of methoxy groups -OCH3 is 2. The largest absolute Gasteiger partial charge is 0.496 e. The summed E-state index contributed by atoms with van der Waals surface area (Å²) < 4.78 is 39.4. The van der Waals surface area contributed by atoms with Gasteiger partial charge in [-0.1, -0.05) is 13.8 Å². The summed E-state index contributed by atoms with van der Waals surface area (Å²) in [6.45, 7) is 9.20. The monoisotopic (exact) mass is 434 g/mol. The summed E-state index contributed by atoms with van der Waals surface area (Å²) in [5, 5.41) is 2.59. The zero-order chi connectivity index (χ0) is 22.6. The lowest BCUT2D eigenvalue weighted by Crippen LogP contribution is -2.27. The van der Waals surface area contributed by atoms with Gasteiger partial charge in [0.2, 0.25) is 15.9 Å².